The van der Waals surface area contributed by atoms with Crippen molar-refractivity contribution in [3.63, 3.8) is 0 Å². The number of hydrogen-bond donors (Lipinski definition) is 0. The third-order valence-corrected chi connectivity index (χ3v) is 5.93. The van der Waals surface area contributed by atoms with Crippen LogP contribution in [0.2, 0.25) is 0 Å². The molecule has 10 heteroatoms. The van der Waals surface area contributed by atoms with Crippen molar-refractivity contribution in [2.75, 3.05) is 0 Å². The second kappa shape index (κ2) is 7.30. The molecule has 0 aliphatic rings. The number of hydrogen-bond acceptors (Lipinski definition) is 5. The molecule has 0 atom stereocenters. The van der Waals surface area contributed by atoms with Crippen molar-refractivity contribution >= 4 is 22.6 Å². The first kappa shape index (κ1) is 20.4. The van der Waals surface area contributed by atoms with Crippen LogP contribution in [0.4, 0.5) is 5.69 Å². The minimum absolute atomic E-state index is 0.0372. The second-order valence-corrected chi connectivity index (χ2v) is 7.80. The molecule has 0 aliphatic carbocycles. The van der Waals surface area contributed by atoms with Gasteiger partial charge in [-0.3, -0.25) is 33.0 Å². The average Bonchev–Trinajstić information content (AvgIpc) is 3.38. The van der Waals surface area contributed by atoms with Gasteiger partial charge in [-0.2, -0.15) is 4.98 Å². The molecule has 0 aliphatic heterocycles. The molecule has 10 nitrogen and oxygen atoms in total. The summed E-state index contributed by atoms with van der Waals surface area (Å²) in [6, 6.07) is 14.1. The number of nitrogens with zero attached hydrogens (tertiary/aromatic N) is 6. The van der Waals surface area contributed by atoms with Crippen molar-refractivity contribution < 1.29 is 4.92 Å². The summed E-state index contributed by atoms with van der Waals surface area (Å²) in [6.45, 7) is 2.04. The number of aryl methyl sites for hydroxylation is 2. The van der Waals surface area contributed by atoms with Gasteiger partial charge in [0.05, 0.1) is 16.3 Å². The van der Waals surface area contributed by atoms with Crippen LogP contribution in [0.1, 0.15) is 12.5 Å². The molecule has 33 heavy (non-hydrogen) atoms. The molecule has 0 fully saturated rings. The molecule has 3 aromatic heterocycles. The molecular weight excluding hydrogens is 424 g/mol. The van der Waals surface area contributed by atoms with E-state index < -0.39 is 16.2 Å². The Balaban J connectivity index is 1.97. The number of para-hydroxylation sites is 1. The minimum atomic E-state index is -0.466. The number of non-ortho nitro benzene ring substituents is 1. The summed E-state index contributed by atoms with van der Waals surface area (Å²) in [5.74, 6) is 0.436. The molecule has 166 valence electrons. The lowest BCUT2D eigenvalue weighted by Crippen LogP contribution is -2.37. The van der Waals surface area contributed by atoms with Gasteiger partial charge in [-0.1, -0.05) is 37.3 Å². The Morgan fingerprint density at radius 2 is 1.79 bits per heavy atom. The Morgan fingerprint density at radius 1 is 1.03 bits per heavy atom. The summed E-state index contributed by atoms with van der Waals surface area (Å²) < 4.78 is 5.91. The van der Waals surface area contributed by atoms with Crippen molar-refractivity contribution in [3.05, 3.63) is 91.2 Å². The van der Waals surface area contributed by atoms with Gasteiger partial charge in [0, 0.05) is 38.0 Å². The van der Waals surface area contributed by atoms with E-state index in [1.807, 2.05) is 35.8 Å². The zero-order valence-electron chi connectivity index (χ0n) is 18.2. The quantitative estimate of drug-likeness (QED) is 0.313. The minimum Gasteiger partial charge on any atom is -0.279 e. The van der Waals surface area contributed by atoms with E-state index >= 15 is 0 Å². The molecule has 5 rings (SSSR count). The Bertz CT molecular complexity index is 1700. The van der Waals surface area contributed by atoms with Crippen LogP contribution < -0.4 is 11.2 Å². The van der Waals surface area contributed by atoms with E-state index in [4.69, 9.17) is 0 Å². The molecule has 0 saturated heterocycles. The van der Waals surface area contributed by atoms with Gasteiger partial charge in [0.1, 0.15) is 0 Å². The normalized spacial score (nSPS) is 11.5. The molecule has 3 heterocycles. The third kappa shape index (κ3) is 2.91. The van der Waals surface area contributed by atoms with Crippen molar-refractivity contribution in [2.45, 2.75) is 13.3 Å². The number of nitro groups is 1. The van der Waals surface area contributed by atoms with E-state index in [-0.39, 0.29) is 16.9 Å². The maximum atomic E-state index is 13.0. The Kier molecular flexibility index (Phi) is 4.52. The zero-order chi connectivity index (χ0) is 23.4. The van der Waals surface area contributed by atoms with Crippen LogP contribution in [0, 0.1) is 10.1 Å². The molecule has 2 aromatic carbocycles. The van der Waals surface area contributed by atoms with Gasteiger partial charge in [-0.25, -0.2) is 4.79 Å². The number of benzene rings is 2. The number of fused-ring (bicyclic) bond motifs is 3. The number of imidazole rings is 2. The van der Waals surface area contributed by atoms with E-state index in [9.17, 15) is 19.7 Å². The van der Waals surface area contributed by atoms with E-state index in [2.05, 4.69) is 4.98 Å². The summed E-state index contributed by atoms with van der Waals surface area (Å²) in [6.07, 6.45) is 2.48. The van der Waals surface area contributed by atoms with Gasteiger partial charge in [0.25, 0.3) is 11.2 Å². The van der Waals surface area contributed by atoms with Gasteiger partial charge in [0.15, 0.2) is 11.2 Å². The van der Waals surface area contributed by atoms with Crippen LogP contribution in [0.5, 0.6) is 0 Å². The monoisotopic (exact) mass is 444 g/mol. The summed E-state index contributed by atoms with van der Waals surface area (Å²) in [7, 11) is 3.00. The molecule has 5 aromatic rings. The van der Waals surface area contributed by atoms with Crippen LogP contribution >= 0.6 is 0 Å². The third-order valence-electron chi connectivity index (χ3n) is 5.93. The topological polar surface area (TPSA) is 109 Å². The maximum absolute atomic E-state index is 13.0. The average molecular weight is 444 g/mol. The van der Waals surface area contributed by atoms with Gasteiger partial charge < -0.3 is 0 Å². The summed E-state index contributed by atoms with van der Waals surface area (Å²) in [5.41, 5.74) is 2.69. The largest absolute Gasteiger partial charge is 0.332 e. The van der Waals surface area contributed by atoms with E-state index in [0.29, 0.717) is 17.0 Å². The number of rotatable bonds is 4. The fourth-order valence-corrected chi connectivity index (χ4v) is 4.22. The maximum Gasteiger partial charge on any atom is 0.332 e. The fraction of sp³-hybridized carbons (Fsp3) is 0.174. The van der Waals surface area contributed by atoms with Crippen molar-refractivity contribution in [1.82, 2.24) is 23.1 Å². The predicted octanol–water partition coefficient (Wildman–Crippen LogP) is 2.81. The SMILES string of the molecule is CCc1ccccc1-n1c(-c2cccc([N+](=O)[O-])c2)cn2c3c(=O)n(C)c(=O)n(C)c3nc12. The molecule has 0 radical (unpaired) electrons. The first-order valence-electron chi connectivity index (χ1n) is 10.4. The molecular formula is C23H20N6O4. The zero-order valence-corrected chi connectivity index (χ0v) is 18.2. The summed E-state index contributed by atoms with van der Waals surface area (Å²) in [5, 5.41) is 11.4. The smallest absolute Gasteiger partial charge is 0.279 e. The second-order valence-electron chi connectivity index (χ2n) is 7.80. The van der Waals surface area contributed by atoms with Gasteiger partial charge in [0.2, 0.25) is 5.78 Å². The van der Waals surface area contributed by atoms with Crippen LogP contribution in [-0.4, -0.2) is 28.0 Å². The fourth-order valence-electron chi connectivity index (χ4n) is 4.22. The van der Waals surface area contributed by atoms with Crippen LogP contribution in [0.25, 0.3) is 33.9 Å². The highest BCUT2D eigenvalue weighted by Crippen LogP contribution is 2.32. The molecule has 0 spiro atoms. The Hall–Kier alpha value is -4.47. The van der Waals surface area contributed by atoms with Crippen molar-refractivity contribution in [2.24, 2.45) is 14.1 Å². The van der Waals surface area contributed by atoms with E-state index in [1.165, 1.54) is 23.7 Å². The summed E-state index contributed by atoms with van der Waals surface area (Å²) >= 11 is 0. The van der Waals surface area contributed by atoms with E-state index in [0.717, 1.165) is 22.2 Å². The van der Waals surface area contributed by atoms with Gasteiger partial charge >= 0.3 is 5.69 Å². The van der Waals surface area contributed by atoms with Gasteiger partial charge in [-0.05, 0) is 18.1 Å². The number of nitro benzene ring substituents is 1. The molecule has 0 amide bonds. The van der Waals surface area contributed by atoms with Crippen molar-refractivity contribution in [1.29, 1.82) is 0 Å². The molecule has 0 bridgehead atoms. The Labute approximate surface area is 186 Å². The molecule has 0 unspecified atom stereocenters. The lowest BCUT2D eigenvalue weighted by molar-refractivity contribution is -0.384. The first-order chi connectivity index (χ1) is 15.8. The lowest BCUT2D eigenvalue weighted by Gasteiger charge is -2.13. The molecule has 0 N–H and O–H groups in total. The highest BCUT2D eigenvalue weighted by atomic mass is 16.6. The highest BCUT2D eigenvalue weighted by molar-refractivity contribution is 5.80. The van der Waals surface area contributed by atoms with Crippen LogP contribution in [-0.2, 0) is 20.5 Å². The molecule has 0 saturated carbocycles. The van der Waals surface area contributed by atoms with Crippen LogP contribution in [0.15, 0.2) is 64.3 Å². The highest BCUT2D eigenvalue weighted by Gasteiger charge is 2.23. The van der Waals surface area contributed by atoms with Crippen LogP contribution in [0.3, 0.4) is 0 Å². The van der Waals surface area contributed by atoms with Gasteiger partial charge in [-0.15, -0.1) is 0 Å². The predicted molar refractivity (Wildman–Crippen MR) is 124 cm³/mol. The van der Waals surface area contributed by atoms with Crippen molar-refractivity contribution in [3.8, 4) is 16.9 Å². The lowest BCUT2D eigenvalue weighted by atomic mass is 10.1. The Morgan fingerprint density at radius 3 is 2.52 bits per heavy atom. The first-order valence-corrected chi connectivity index (χ1v) is 10.4. The number of aromatic nitrogens is 5. The van der Waals surface area contributed by atoms with E-state index in [1.54, 1.807) is 29.8 Å². The standard InChI is InChI=1S/C23H20N6O4/c1-4-14-8-5-6-11-17(14)28-18(15-9-7-10-16(12-15)29(32)33)13-27-19-20(24-22(27)28)25(2)23(31)26(3)21(19)30/h5-13H,4H2,1-3H3. The summed E-state index contributed by atoms with van der Waals surface area (Å²) in [4.78, 5) is 41.1.